The van der Waals surface area contributed by atoms with Gasteiger partial charge in [-0.15, -0.1) is 0 Å². The number of ether oxygens (including phenoxy) is 2. The largest absolute Gasteiger partial charge is 0.454 e. The first kappa shape index (κ1) is 18.7. The Balaban J connectivity index is 1.88. The Morgan fingerprint density at radius 3 is 2.00 bits per heavy atom. The molecule has 0 aliphatic rings. The van der Waals surface area contributed by atoms with Crippen LogP contribution in [-0.4, -0.2) is 38.7 Å². The van der Waals surface area contributed by atoms with Crippen molar-refractivity contribution in [2.75, 3.05) is 26.9 Å². The molecule has 0 aliphatic heterocycles. The molecule has 2 aromatic rings. The number of carbonyl (C=O) groups excluding carboxylic acids is 2. The van der Waals surface area contributed by atoms with Crippen LogP contribution < -0.4 is 5.32 Å². The lowest BCUT2D eigenvalue weighted by Crippen LogP contribution is -2.31. The van der Waals surface area contributed by atoms with E-state index in [-0.39, 0.29) is 25.0 Å². The average Bonchev–Trinajstić information content (AvgIpc) is 2.65. The van der Waals surface area contributed by atoms with E-state index in [0.717, 1.165) is 6.42 Å². The molecule has 0 fully saturated rings. The predicted molar refractivity (Wildman–Crippen MR) is 95.2 cm³/mol. The van der Waals surface area contributed by atoms with Crippen LogP contribution in [0.2, 0.25) is 0 Å². The van der Waals surface area contributed by atoms with Crippen molar-refractivity contribution in [1.82, 2.24) is 5.32 Å². The first-order valence-corrected chi connectivity index (χ1v) is 8.22. The third-order valence-corrected chi connectivity index (χ3v) is 3.79. The first-order valence-electron chi connectivity index (χ1n) is 8.22. The zero-order valence-corrected chi connectivity index (χ0v) is 14.3. The topological polar surface area (TPSA) is 64.6 Å². The summed E-state index contributed by atoms with van der Waals surface area (Å²) in [6, 6.07) is 20.4. The van der Waals surface area contributed by atoms with Gasteiger partial charge in [0, 0.05) is 19.6 Å². The summed E-state index contributed by atoms with van der Waals surface area (Å²) in [7, 11) is 1.40. The molecule has 0 saturated carbocycles. The van der Waals surface area contributed by atoms with Crippen LogP contribution in [0.15, 0.2) is 60.7 Å². The summed E-state index contributed by atoms with van der Waals surface area (Å²) in [6.45, 7) is 0.0516. The van der Waals surface area contributed by atoms with Crippen LogP contribution >= 0.6 is 0 Å². The fraction of sp³-hybridized carbons (Fsp3) is 0.300. The van der Waals surface area contributed by atoms with E-state index in [0.29, 0.717) is 6.54 Å². The summed E-state index contributed by atoms with van der Waals surface area (Å²) in [5.41, 5.74) is 2.41. The highest BCUT2D eigenvalue weighted by Crippen LogP contribution is 2.27. The molecular weight excluding hydrogens is 318 g/mol. The maximum absolute atomic E-state index is 11.8. The molecule has 1 N–H and O–H groups in total. The minimum Gasteiger partial charge on any atom is -0.454 e. The second-order valence-electron chi connectivity index (χ2n) is 5.61. The van der Waals surface area contributed by atoms with E-state index in [1.165, 1.54) is 18.2 Å². The highest BCUT2D eigenvalue weighted by Gasteiger charge is 2.14. The van der Waals surface area contributed by atoms with Gasteiger partial charge in [-0.1, -0.05) is 60.7 Å². The minimum atomic E-state index is -0.552. The summed E-state index contributed by atoms with van der Waals surface area (Å²) in [4.78, 5) is 22.9. The highest BCUT2D eigenvalue weighted by molar-refractivity contribution is 5.80. The molecule has 0 aliphatic carbocycles. The molecular formula is C20H23NO4. The highest BCUT2D eigenvalue weighted by atomic mass is 16.6. The lowest BCUT2D eigenvalue weighted by molar-refractivity contribution is -0.152. The number of rotatable bonds is 9. The smallest absolute Gasteiger partial charge is 0.332 e. The monoisotopic (exact) mass is 341 g/mol. The molecule has 1 amide bonds. The van der Waals surface area contributed by atoms with Crippen LogP contribution in [0.1, 0.15) is 23.5 Å². The van der Waals surface area contributed by atoms with Gasteiger partial charge in [0.1, 0.15) is 6.61 Å². The summed E-state index contributed by atoms with van der Waals surface area (Å²) < 4.78 is 9.44. The molecule has 0 unspecified atom stereocenters. The molecule has 0 spiro atoms. The lowest BCUT2D eigenvalue weighted by atomic mass is 9.88. The van der Waals surface area contributed by atoms with E-state index in [9.17, 15) is 9.59 Å². The van der Waals surface area contributed by atoms with Gasteiger partial charge in [-0.2, -0.15) is 0 Å². The molecule has 0 atom stereocenters. The normalized spacial score (nSPS) is 10.5. The summed E-state index contributed by atoms with van der Waals surface area (Å²) in [5.74, 6) is -0.674. The van der Waals surface area contributed by atoms with Gasteiger partial charge in [0.15, 0.2) is 6.61 Å². The summed E-state index contributed by atoms with van der Waals surface area (Å²) in [6.07, 6.45) is 0.756. The van der Waals surface area contributed by atoms with Crippen molar-refractivity contribution in [2.24, 2.45) is 0 Å². The second-order valence-corrected chi connectivity index (χ2v) is 5.61. The molecule has 25 heavy (non-hydrogen) atoms. The summed E-state index contributed by atoms with van der Waals surface area (Å²) >= 11 is 0. The van der Waals surface area contributed by atoms with Crippen LogP contribution in [0.3, 0.4) is 0 Å². The Kier molecular flexibility index (Phi) is 7.66. The molecule has 0 radical (unpaired) electrons. The van der Waals surface area contributed by atoms with Crippen molar-refractivity contribution in [1.29, 1.82) is 0 Å². The van der Waals surface area contributed by atoms with E-state index < -0.39 is 5.97 Å². The SMILES string of the molecule is COCC(=O)OCC(=O)NCCC(c1ccccc1)c1ccccc1. The fourth-order valence-corrected chi connectivity index (χ4v) is 2.61. The molecule has 2 aromatic carbocycles. The molecule has 132 valence electrons. The quantitative estimate of drug-likeness (QED) is 0.712. The molecule has 0 saturated heterocycles. The molecule has 0 heterocycles. The van der Waals surface area contributed by atoms with Crippen LogP contribution in [-0.2, 0) is 19.1 Å². The van der Waals surface area contributed by atoms with Crippen molar-refractivity contribution in [2.45, 2.75) is 12.3 Å². The van der Waals surface area contributed by atoms with Crippen molar-refractivity contribution in [3.63, 3.8) is 0 Å². The fourth-order valence-electron chi connectivity index (χ4n) is 2.61. The summed E-state index contributed by atoms with van der Waals surface area (Å²) in [5, 5.41) is 2.79. The molecule has 5 heteroatoms. The number of esters is 1. The Hall–Kier alpha value is -2.66. The molecule has 5 nitrogen and oxygen atoms in total. The molecule has 2 rings (SSSR count). The number of methoxy groups -OCH3 is 1. The van der Waals surface area contributed by atoms with Crippen LogP contribution in [0.5, 0.6) is 0 Å². The number of hydrogen-bond donors (Lipinski definition) is 1. The third-order valence-electron chi connectivity index (χ3n) is 3.79. The van der Waals surface area contributed by atoms with Gasteiger partial charge in [-0.05, 0) is 17.5 Å². The van der Waals surface area contributed by atoms with Crippen LogP contribution in [0, 0.1) is 0 Å². The van der Waals surface area contributed by atoms with Crippen molar-refractivity contribution in [3.8, 4) is 0 Å². The van der Waals surface area contributed by atoms with Crippen molar-refractivity contribution >= 4 is 11.9 Å². The van der Waals surface area contributed by atoms with E-state index in [2.05, 4.69) is 34.3 Å². The molecule has 0 aromatic heterocycles. The van der Waals surface area contributed by atoms with Gasteiger partial charge < -0.3 is 14.8 Å². The van der Waals surface area contributed by atoms with Gasteiger partial charge in [-0.25, -0.2) is 4.79 Å². The predicted octanol–water partition coefficient (Wildman–Crippen LogP) is 2.51. The lowest BCUT2D eigenvalue weighted by Gasteiger charge is -2.18. The zero-order chi connectivity index (χ0) is 17.9. The minimum absolute atomic E-state index is 0.155. The number of amides is 1. The van der Waals surface area contributed by atoms with E-state index in [1.807, 2.05) is 36.4 Å². The maximum atomic E-state index is 11.8. The van der Waals surface area contributed by atoms with E-state index >= 15 is 0 Å². The zero-order valence-electron chi connectivity index (χ0n) is 14.3. The second kappa shape index (κ2) is 10.3. The number of carbonyl (C=O) groups is 2. The van der Waals surface area contributed by atoms with Crippen molar-refractivity contribution in [3.05, 3.63) is 71.8 Å². The van der Waals surface area contributed by atoms with Crippen LogP contribution in [0.25, 0.3) is 0 Å². The van der Waals surface area contributed by atoms with Gasteiger partial charge in [0.05, 0.1) is 0 Å². The average molecular weight is 341 g/mol. The van der Waals surface area contributed by atoms with E-state index in [4.69, 9.17) is 4.74 Å². The Morgan fingerprint density at radius 1 is 0.920 bits per heavy atom. The Bertz CT molecular complexity index is 618. The van der Waals surface area contributed by atoms with Crippen molar-refractivity contribution < 1.29 is 19.1 Å². The van der Waals surface area contributed by atoms with Gasteiger partial charge in [-0.3, -0.25) is 4.79 Å². The maximum Gasteiger partial charge on any atom is 0.332 e. The third kappa shape index (κ3) is 6.39. The Morgan fingerprint density at radius 2 is 1.48 bits per heavy atom. The first-order chi connectivity index (χ1) is 12.2. The molecule has 0 bridgehead atoms. The van der Waals surface area contributed by atoms with Crippen LogP contribution in [0.4, 0.5) is 0 Å². The van der Waals surface area contributed by atoms with Gasteiger partial charge in [0.25, 0.3) is 5.91 Å². The van der Waals surface area contributed by atoms with Gasteiger partial charge >= 0.3 is 5.97 Å². The Labute approximate surface area is 148 Å². The number of nitrogens with one attached hydrogen (secondary N) is 1. The standard InChI is InChI=1S/C20H23NO4/c1-24-15-20(23)25-14-19(22)21-13-12-18(16-8-4-2-5-9-16)17-10-6-3-7-11-17/h2-11,18H,12-15H2,1H3,(H,21,22). The number of hydrogen-bond acceptors (Lipinski definition) is 4. The number of benzene rings is 2. The van der Waals surface area contributed by atoms with E-state index in [1.54, 1.807) is 0 Å². The van der Waals surface area contributed by atoms with Gasteiger partial charge in [0.2, 0.25) is 0 Å².